The second-order valence-electron chi connectivity index (χ2n) is 9.68. The van der Waals surface area contributed by atoms with Gasteiger partial charge in [-0.05, 0) is 50.5 Å². The fraction of sp³-hybridized carbons (Fsp3) is 0.407. The van der Waals surface area contributed by atoms with Crippen molar-refractivity contribution in [1.82, 2.24) is 34.5 Å². The van der Waals surface area contributed by atoms with E-state index >= 15 is 0 Å². The van der Waals surface area contributed by atoms with E-state index in [-0.39, 0.29) is 17.2 Å². The molecule has 10 nitrogen and oxygen atoms in total. The molecule has 194 valence electrons. The molecule has 4 aromatic rings. The van der Waals surface area contributed by atoms with Crippen molar-refractivity contribution in [2.75, 3.05) is 11.1 Å². The molecule has 11 heteroatoms. The summed E-state index contributed by atoms with van der Waals surface area (Å²) in [4.78, 5) is 55.1. The molecule has 6 rings (SSSR count). The molecule has 0 amide bonds. The number of carbonyl (C=O) groups excluding carboxylic acids is 1. The molecule has 0 radical (unpaired) electrons. The Morgan fingerprint density at radius 3 is 2.63 bits per heavy atom. The lowest BCUT2D eigenvalue weighted by molar-refractivity contribution is -0.120. The van der Waals surface area contributed by atoms with Gasteiger partial charge in [0.15, 0.2) is 23.1 Å². The van der Waals surface area contributed by atoms with E-state index in [1.54, 1.807) is 24.3 Å². The van der Waals surface area contributed by atoms with Gasteiger partial charge < -0.3 is 5.32 Å². The van der Waals surface area contributed by atoms with Crippen LogP contribution < -0.4 is 10.9 Å². The van der Waals surface area contributed by atoms with Crippen molar-refractivity contribution < 1.29 is 4.79 Å². The average molecular weight is 529 g/mol. The highest BCUT2D eigenvalue weighted by molar-refractivity contribution is 7.99. The zero-order valence-corrected chi connectivity index (χ0v) is 22.2. The number of rotatable bonds is 8. The molecular weight excluding hydrogens is 500 g/mol. The Morgan fingerprint density at radius 2 is 1.92 bits per heavy atom. The maximum absolute atomic E-state index is 13.8. The standard InChI is InChI=1S/C27H28N8O2S/c1-3-38-18-10-9-17(28-12-18)11-29-25-27(37)35(20-5-4-6-21(20)36)26-19(33-25)13-30-24(34-26)22-15(2)31-14-32-23(22)16-7-8-16/h9-10,12-14,16,20H,3-8,11H2,1-2H3,(H,29,33). The van der Waals surface area contributed by atoms with Crippen LogP contribution in [0, 0.1) is 6.92 Å². The van der Waals surface area contributed by atoms with Gasteiger partial charge in [-0.3, -0.25) is 19.1 Å². The van der Waals surface area contributed by atoms with Crippen molar-refractivity contribution >= 4 is 34.5 Å². The lowest BCUT2D eigenvalue weighted by Gasteiger charge is -2.17. The first-order chi connectivity index (χ1) is 18.5. The molecule has 2 fully saturated rings. The van der Waals surface area contributed by atoms with Crippen LogP contribution in [0.1, 0.15) is 68.1 Å². The van der Waals surface area contributed by atoms with Gasteiger partial charge in [-0.1, -0.05) is 6.92 Å². The predicted molar refractivity (Wildman–Crippen MR) is 145 cm³/mol. The van der Waals surface area contributed by atoms with Crippen molar-refractivity contribution in [1.29, 1.82) is 0 Å². The smallest absolute Gasteiger partial charge is 0.295 e. The minimum atomic E-state index is -0.573. The largest absolute Gasteiger partial charge is 0.360 e. The maximum Gasteiger partial charge on any atom is 0.295 e. The van der Waals surface area contributed by atoms with Crippen LogP contribution in [0.2, 0.25) is 0 Å². The summed E-state index contributed by atoms with van der Waals surface area (Å²) in [6, 6.07) is 3.38. The Morgan fingerprint density at radius 1 is 1.05 bits per heavy atom. The monoisotopic (exact) mass is 528 g/mol. The molecule has 2 saturated carbocycles. The molecule has 1 unspecified atom stereocenters. The van der Waals surface area contributed by atoms with Crippen molar-refractivity contribution in [2.45, 2.75) is 69.4 Å². The molecule has 0 saturated heterocycles. The van der Waals surface area contributed by atoms with Crippen LogP contribution in [0.3, 0.4) is 0 Å². The van der Waals surface area contributed by atoms with Crippen LogP contribution in [0.15, 0.2) is 40.5 Å². The third-order valence-corrected chi connectivity index (χ3v) is 7.88. The third kappa shape index (κ3) is 4.66. The number of hydrogen-bond acceptors (Lipinski definition) is 10. The first-order valence-electron chi connectivity index (χ1n) is 13.0. The first kappa shape index (κ1) is 24.6. The van der Waals surface area contributed by atoms with Crippen LogP contribution >= 0.6 is 11.8 Å². The second-order valence-corrected chi connectivity index (χ2v) is 11.0. The van der Waals surface area contributed by atoms with Crippen LogP contribution in [0.4, 0.5) is 5.82 Å². The van der Waals surface area contributed by atoms with Crippen LogP contribution in [0.25, 0.3) is 22.6 Å². The number of carbonyl (C=O) groups is 1. The van der Waals surface area contributed by atoms with E-state index in [1.807, 2.05) is 25.3 Å². The van der Waals surface area contributed by atoms with Crippen molar-refractivity contribution in [2.24, 2.45) is 0 Å². The topological polar surface area (TPSA) is 128 Å². The molecule has 38 heavy (non-hydrogen) atoms. The highest BCUT2D eigenvalue weighted by Crippen LogP contribution is 2.43. The third-order valence-electron chi connectivity index (χ3n) is 7.02. The van der Waals surface area contributed by atoms with Crippen LogP contribution in [-0.2, 0) is 11.3 Å². The van der Waals surface area contributed by atoms with Gasteiger partial charge in [-0.25, -0.2) is 24.9 Å². The van der Waals surface area contributed by atoms with E-state index in [1.165, 1.54) is 4.57 Å². The summed E-state index contributed by atoms with van der Waals surface area (Å²) < 4.78 is 1.51. The SMILES string of the molecule is CCSc1ccc(CNc2nc3cnc(-c4c(C)ncnc4C4CC4)nc3n(C3CCCC3=O)c2=O)nc1. The number of aromatic nitrogens is 7. The Hall–Kier alpha value is -3.73. The van der Waals surface area contributed by atoms with E-state index in [9.17, 15) is 9.59 Å². The van der Waals surface area contributed by atoms with Gasteiger partial charge in [0.25, 0.3) is 5.56 Å². The Kier molecular flexibility index (Phi) is 6.61. The summed E-state index contributed by atoms with van der Waals surface area (Å²) in [6.07, 6.45) is 8.95. The molecule has 1 N–H and O–H groups in total. The van der Waals surface area contributed by atoms with E-state index in [4.69, 9.17) is 4.98 Å². The molecule has 0 bridgehead atoms. The molecule has 0 spiro atoms. The Bertz CT molecular complexity index is 1580. The molecule has 2 aliphatic rings. The van der Waals surface area contributed by atoms with Gasteiger partial charge >= 0.3 is 0 Å². The Labute approximate surface area is 223 Å². The highest BCUT2D eigenvalue weighted by atomic mass is 32.2. The minimum Gasteiger partial charge on any atom is -0.360 e. The van der Waals surface area contributed by atoms with Crippen molar-refractivity contribution in [3.8, 4) is 11.4 Å². The summed E-state index contributed by atoms with van der Waals surface area (Å²) in [5, 5.41) is 3.14. The van der Waals surface area contributed by atoms with Crippen molar-refractivity contribution in [3.05, 3.63) is 58.3 Å². The number of aryl methyl sites for hydroxylation is 1. The van der Waals surface area contributed by atoms with Crippen LogP contribution in [-0.4, -0.2) is 46.0 Å². The lowest BCUT2D eigenvalue weighted by Crippen LogP contribution is -2.31. The zero-order valence-electron chi connectivity index (χ0n) is 21.3. The van der Waals surface area contributed by atoms with Gasteiger partial charge in [0.05, 0.1) is 41.4 Å². The number of anilines is 1. The number of ketones is 1. The summed E-state index contributed by atoms with van der Waals surface area (Å²) in [5.74, 6) is 1.99. The number of nitrogens with zero attached hydrogens (tertiary/aromatic N) is 7. The lowest BCUT2D eigenvalue weighted by atomic mass is 10.1. The minimum absolute atomic E-state index is 0.0364. The number of Topliss-reactive ketones (excluding diaryl/α,β-unsaturated/α-hetero) is 1. The van der Waals surface area contributed by atoms with Crippen LogP contribution in [0.5, 0.6) is 0 Å². The second kappa shape index (κ2) is 10.2. The molecule has 1 atom stereocenters. The normalized spacial score (nSPS) is 17.3. The van der Waals surface area contributed by atoms with E-state index in [2.05, 4.69) is 37.2 Å². The molecule has 2 aliphatic carbocycles. The highest BCUT2D eigenvalue weighted by Gasteiger charge is 2.32. The molecule has 4 heterocycles. The van der Waals surface area contributed by atoms with Gasteiger partial charge in [-0.15, -0.1) is 11.8 Å². The summed E-state index contributed by atoms with van der Waals surface area (Å²) >= 11 is 1.72. The molecular formula is C27H28N8O2S. The van der Waals surface area contributed by atoms with E-state index < -0.39 is 6.04 Å². The van der Waals surface area contributed by atoms with E-state index in [0.717, 1.165) is 52.6 Å². The average Bonchev–Trinajstić information content (AvgIpc) is 3.69. The van der Waals surface area contributed by atoms with Crippen molar-refractivity contribution in [3.63, 3.8) is 0 Å². The molecule has 4 aromatic heterocycles. The van der Waals surface area contributed by atoms with Gasteiger partial charge in [0.1, 0.15) is 11.8 Å². The molecule has 0 aromatic carbocycles. The molecule has 0 aliphatic heterocycles. The number of nitrogens with one attached hydrogen (secondary N) is 1. The summed E-state index contributed by atoms with van der Waals surface area (Å²) in [6.45, 7) is 4.34. The number of thioether (sulfide) groups is 1. The zero-order chi connectivity index (χ0) is 26.2. The quantitative estimate of drug-likeness (QED) is 0.332. The predicted octanol–water partition coefficient (Wildman–Crippen LogP) is 4.24. The maximum atomic E-state index is 13.8. The summed E-state index contributed by atoms with van der Waals surface area (Å²) in [7, 11) is 0. The first-order valence-corrected chi connectivity index (χ1v) is 14.0. The number of hydrogen-bond donors (Lipinski definition) is 1. The number of pyridine rings is 1. The van der Waals surface area contributed by atoms with Gasteiger partial charge in [0, 0.05) is 23.4 Å². The summed E-state index contributed by atoms with van der Waals surface area (Å²) in [5.41, 5.74) is 3.74. The van der Waals surface area contributed by atoms with Gasteiger partial charge in [0.2, 0.25) is 0 Å². The fourth-order valence-electron chi connectivity index (χ4n) is 4.97. The van der Waals surface area contributed by atoms with E-state index in [0.29, 0.717) is 42.3 Å². The Balaban J connectivity index is 1.42. The van der Waals surface area contributed by atoms with Gasteiger partial charge in [-0.2, -0.15) is 0 Å². The number of fused-ring (bicyclic) bond motifs is 1. The fourth-order valence-corrected chi connectivity index (χ4v) is 5.60.